The minimum Gasteiger partial charge on any atom is -0.347 e. The zero-order chi connectivity index (χ0) is 26.1. The molecule has 3 heterocycles. The van der Waals surface area contributed by atoms with E-state index in [0.29, 0.717) is 12.2 Å². The number of carbonyl (C=O) groups is 2. The Hall–Kier alpha value is -3.81. The highest BCUT2D eigenvalue weighted by molar-refractivity contribution is 5.91. The van der Waals surface area contributed by atoms with Gasteiger partial charge >= 0.3 is 0 Å². The van der Waals surface area contributed by atoms with Gasteiger partial charge in [-0.05, 0) is 87.4 Å². The Kier molecular flexibility index (Phi) is 9.11. The molecule has 2 aromatic heterocycles. The first-order valence-corrected chi connectivity index (χ1v) is 12.3. The van der Waals surface area contributed by atoms with Crippen molar-refractivity contribution in [3.8, 4) is 11.1 Å². The van der Waals surface area contributed by atoms with E-state index in [1.165, 1.54) is 12.5 Å². The second-order valence-electron chi connectivity index (χ2n) is 9.87. The monoisotopic (exact) mass is 488 g/mol. The van der Waals surface area contributed by atoms with Crippen molar-refractivity contribution in [2.75, 3.05) is 13.1 Å². The van der Waals surface area contributed by atoms with E-state index in [4.69, 9.17) is 0 Å². The highest BCUT2D eigenvalue weighted by Gasteiger charge is 2.18. The topological polar surface area (TPSA) is 93.0 Å². The van der Waals surface area contributed by atoms with Gasteiger partial charge < -0.3 is 10.2 Å². The molecule has 0 aliphatic carbocycles. The molecule has 36 heavy (non-hydrogen) atoms. The lowest BCUT2D eigenvalue weighted by Gasteiger charge is -2.25. The van der Waals surface area contributed by atoms with Crippen LogP contribution in [0.4, 0.5) is 0 Å². The molecule has 8 nitrogen and oxygen atoms in total. The average molecular weight is 489 g/mol. The van der Waals surface area contributed by atoms with E-state index in [1.807, 2.05) is 50.8 Å². The maximum Gasteiger partial charge on any atom is 0.273 e. The lowest BCUT2D eigenvalue weighted by atomic mass is 10.0. The zero-order valence-corrected chi connectivity index (χ0v) is 21.7. The Morgan fingerprint density at radius 2 is 1.75 bits per heavy atom. The van der Waals surface area contributed by atoms with Crippen molar-refractivity contribution in [2.45, 2.75) is 59.0 Å². The van der Waals surface area contributed by atoms with E-state index >= 15 is 0 Å². The fraction of sp³-hybridized carbons (Fsp3) is 0.393. The van der Waals surface area contributed by atoms with E-state index in [-0.39, 0.29) is 17.4 Å². The molecule has 0 unspecified atom stereocenters. The van der Waals surface area contributed by atoms with Crippen molar-refractivity contribution in [1.82, 2.24) is 30.2 Å². The van der Waals surface area contributed by atoms with Gasteiger partial charge in [0.2, 0.25) is 5.91 Å². The van der Waals surface area contributed by atoms with Crippen LogP contribution in [0.15, 0.2) is 61.6 Å². The molecule has 0 atom stereocenters. The minimum atomic E-state index is -0.224. The lowest BCUT2D eigenvalue weighted by Crippen LogP contribution is -2.34. The first kappa shape index (κ1) is 26.8. The Bertz CT molecular complexity index is 1170. The number of aromatic nitrogens is 4. The summed E-state index contributed by atoms with van der Waals surface area (Å²) in [5, 5.41) is 10.9. The minimum absolute atomic E-state index is 0.0831. The van der Waals surface area contributed by atoms with Gasteiger partial charge in [0.25, 0.3) is 5.91 Å². The Labute approximate surface area is 213 Å². The van der Waals surface area contributed by atoms with Crippen LogP contribution in [0.1, 0.15) is 61.6 Å². The summed E-state index contributed by atoms with van der Waals surface area (Å²) >= 11 is 0. The van der Waals surface area contributed by atoms with Gasteiger partial charge in [-0.25, -0.2) is 4.68 Å². The molecule has 1 fully saturated rings. The fourth-order valence-electron chi connectivity index (χ4n) is 3.82. The summed E-state index contributed by atoms with van der Waals surface area (Å²) in [6.45, 7) is 13.8. The smallest absolute Gasteiger partial charge is 0.273 e. The van der Waals surface area contributed by atoms with Crippen molar-refractivity contribution < 1.29 is 9.59 Å². The number of benzene rings is 1. The Morgan fingerprint density at radius 3 is 2.33 bits per heavy atom. The van der Waals surface area contributed by atoms with Crippen LogP contribution in [0.2, 0.25) is 0 Å². The number of carbonyl (C=O) groups excluding carboxylic acids is 2. The summed E-state index contributed by atoms with van der Waals surface area (Å²) < 4.78 is 1.69. The average Bonchev–Trinajstić information content (AvgIpc) is 3.40. The van der Waals surface area contributed by atoms with Gasteiger partial charge in [0.15, 0.2) is 5.69 Å². The third-order valence-corrected chi connectivity index (χ3v) is 6.05. The Morgan fingerprint density at radius 1 is 1.06 bits per heavy atom. The first-order chi connectivity index (χ1) is 17.2. The maximum absolute atomic E-state index is 12.3. The van der Waals surface area contributed by atoms with E-state index in [1.54, 1.807) is 23.3 Å². The van der Waals surface area contributed by atoms with Crippen molar-refractivity contribution in [1.29, 1.82) is 0 Å². The molecule has 1 N–H and O–H groups in total. The number of hydrogen-bond acceptors (Lipinski definition) is 5. The van der Waals surface area contributed by atoms with Crippen LogP contribution < -0.4 is 5.32 Å². The Balaban J connectivity index is 0.000000303. The van der Waals surface area contributed by atoms with Gasteiger partial charge in [0.05, 0.1) is 11.7 Å². The highest BCUT2D eigenvalue weighted by atomic mass is 16.2. The molecule has 0 radical (unpaired) electrons. The zero-order valence-electron chi connectivity index (χ0n) is 21.7. The number of nitrogens with one attached hydrogen (secondary N) is 1. The van der Waals surface area contributed by atoms with Gasteiger partial charge in [-0.15, -0.1) is 5.10 Å². The van der Waals surface area contributed by atoms with Crippen molar-refractivity contribution in [3.05, 3.63) is 78.4 Å². The van der Waals surface area contributed by atoms with Gasteiger partial charge in [-0.1, -0.05) is 30.0 Å². The summed E-state index contributed by atoms with van der Waals surface area (Å²) in [4.78, 5) is 29.2. The van der Waals surface area contributed by atoms with Gasteiger partial charge in [0.1, 0.15) is 0 Å². The molecule has 1 saturated heterocycles. The number of nitrogens with zero attached hydrogens (tertiary/aromatic N) is 5. The van der Waals surface area contributed by atoms with Crippen molar-refractivity contribution in [3.63, 3.8) is 0 Å². The second kappa shape index (κ2) is 12.2. The van der Waals surface area contributed by atoms with Gasteiger partial charge in [-0.3, -0.25) is 14.6 Å². The lowest BCUT2D eigenvalue weighted by molar-refractivity contribution is -0.126. The largest absolute Gasteiger partial charge is 0.347 e. The van der Waals surface area contributed by atoms with Crippen LogP contribution in [-0.2, 0) is 16.9 Å². The first-order valence-electron chi connectivity index (χ1n) is 12.3. The fourth-order valence-corrected chi connectivity index (χ4v) is 3.82. The van der Waals surface area contributed by atoms with Gasteiger partial charge in [-0.2, -0.15) is 0 Å². The predicted octanol–water partition coefficient (Wildman–Crippen LogP) is 4.52. The number of aryl methyl sites for hydroxylation is 1. The van der Waals surface area contributed by atoms with E-state index in [2.05, 4.69) is 39.3 Å². The molecular weight excluding hydrogens is 452 g/mol. The molecule has 1 aromatic carbocycles. The molecule has 2 amide bonds. The SMILES string of the molecule is C=CC(=O)N1CCCCC1.Cc1cc(-c2ccncc2)ccc1CNC(=O)c1cn(C(C)(C)C)nn1. The highest BCUT2D eigenvalue weighted by Crippen LogP contribution is 2.21. The van der Waals surface area contributed by atoms with E-state index in [9.17, 15) is 9.59 Å². The summed E-state index contributed by atoms with van der Waals surface area (Å²) in [6, 6.07) is 10.2. The molecule has 190 valence electrons. The number of likely N-dealkylation sites (tertiary alicyclic amines) is 1. The number of amides is 2. The third-order valence-electron chi connectivity index (χ3n) is 6.05. The van der Waals surface area contributed by atoms with E-state index < -0.39 is 0 Å². The van der Waals surface area contributed by atoms with E-state index in [0.717, 1.165) is 48.2 Å². The molecule has 0 spiro atoms. The summed E-state index contributed by atoms with van der Waals surface area (Å²) in [7, 11) is 0. The van der Waals surface area contributed by atoms with Crippen LogP contribution in [0.3, 0.4) is 0 Å². The van der Waals surface area contributed by atoms with Crippen LogP contribution in [0.5, 0.6) is 0 Å². The summed E-state index contributed by atoms with van der Waals surface area (Å²) in [5.74, 6) is -0.141. The molecule has 3 aromatic rings. The summed E-state index contributed by atoms with van der Waals surface area (Å²) in [6.07, 6.45) is 10.2. The van der Waals surface area contributed by atoms with Gasteiger partial charge in [0, 0.05) is 32.0 Å². The molecule has 0 bridgehead atoms. The standard InChI is InChI=1S/C20H23N5O.C8H13NO/c1-14-11-16(15-7-9-21-10-8-15)5-6-17(14)12-22-19(26)18-13-25(24-23-18)20(2,3)4;1-2-8(10)9-6-4-3-5-7-9/h5-11,13H,12H2,1-4H3,(H,22,26);2H,1,3-7H2. The second-order valence-corrected chi connectivity index (χ2v) is 9.87. The number of piperidine rings is 1. The number of hydrogen-bond donors (Lipinski definition) is 1. The predicted molar refractivity (Wildman–Crippen MR) is 141 cm³/mol. The van der Waals surface area contributed by atoms with Crippen LogP contribution in [-0.4, -0.2) is 49.8 Å². The quantitative estimate of drug-likeness (QED) is 0.533. The third kappa shape index (κ3) is 7.34. The molecule has 0 saturated carbocycles. The van der Waals surface area contributed by atoms with Crippen LogP contribution in [0.25, 0.3) is 11.1 Å². The normalized spacial score (nSPS) is 13.4. The van der Waals surface area contributed by atoms with Crippen molar-refractivity contribution in [2.24, 2.45) is 0 Å². The molecular formula is C28H36N6O2. The molecule has 8 heteroatoms. The number of rotatable bonds is 5. The van der Waals surface area contributed by atoms with Crippen LogP contribution >= 0.6 is 0 Å². The molecule has 4 rings (SSSR count). The summed E-state index contributed by atoms with van der Waals surface area (Å²) in [5.41, 5.74) is 4.57. The van der Waals surface area contributed by atoms with Crippen molar-refractivity contribution >= 4 is 11.8 Å². The number of pyridine rings is 1. The maximum atomic E-state index is 12.3. The van der Waals surface area contributed by atoms with Crippen LogP contribution in [0, 0.1) is 6.92 Å². The molecule has 1 aliphatic heterocycles. The molecule has 1 aliphatic rings.